The largest absolute Gasteiger partial charge is 0.396 e. The molecule has 0 bridgehead atoms. The summed E-state index contributed by atoms with van der Waals surface area (Å²) in [5.74, 6) is 0.621. The highest BCUT2D eigenvalue weighted by molar-refractivity contribution is 5.85. The van der Waals surface area contributed by atoms with E-state index in [1.165, 1.54) is 0 Å². The van der Waals surface area contributed by atoms with E-state index in [-0.39, 0.29) is 30.9 Å². The average Bonchev–Trinajstić information content (AvgIpc) is 3.02. The lowest BCUT2D eigenvalue weighted by atomic mass is 9.96. The predicted octanol–water partition coefficient (Wildman–Crippen LogP) is -0.687. The van der Waals surface area contributed by atoms with Gasteiger partial charge in [0.05, 0.1) is 6.54 Å². The van der Waals surface area contributed by atoms with Crippen molar-refractivity contribution in [2.75, 3.05) is 72.6 Å². The highest BCUT2D eigenvalue weighted by Gasteiger charge is 2.36. The predicted molar refractivity (Wildman–Crippen MR) is 95.0 cm³/mol. The third kappa shape index (κ3) is 4.71. The lowest BCUT2D eigenvalue weighted by Gasteiger charge is -2.34. The molecule has 3 saturated heterocycles. The fourth-order valence-corrected chi connectivity index (χ4v) is 4.21. The Labute approximate surface area is 150 Å². The van der Waals surface area contributed by atoms with Crippen molar-refractivity contribution in [2.24, 2.45) is 11.8 Å². The molecule has 3 fully saturated rings. The van der Waals surface area contributed by atoms with Crippen molar-refractivity contribution in [2.45, 2.75) is 19.3 Å². The first-order chi connectivity index (χ1) is 12.1. The van der Waals surface area contributed by atoms with Crippen LogP contribution < -0.4 is 0 Å². The lowest BCUT2D eigenvalue weighted by Crippen LogP contribution is -2.47. The Kier molecular flexibility index (Phi) is 6.30. The van der Waals surface area contributed by atoms with Crippen molar-refractivity contribution >= 4 is 11.8 Å². The number of amides is 2. The summed E-state index contributed by atoms with van der Waals surface area (Å²) in [6.45, 7) is 7.59. The topological polar surface area (TPSA) is 67.3 Å². The summed E-state index contributed by atoms with van der Waals surface area (Å²) < 4.78 is 0. The van der Waals surface area contributed by atoms with Gasteiger partial charge >= 0.3 is 0 Å². The van der Waals surface area contributed by atoms with Crippen LogP contribution in [-0.2, 0) is 9.59 Å². The van der Waals surface area contributed by atoms with E-state index in [4.69, 9.17) is 0 Å². The molecule has 25 heavy (non-hydrogen) atoms. The van der Waals surface area contributed by atoms with Gasteiger partial charge in [-0.25, -0.2) is 0 Å². The normalized spacial score (nSPS) is 29.4. The zero-order valence-corrected chi connectivity index (χ0v) is 15.4. The molecule has 0 aliphatic carbocycles. The number of piperidine rings is 1. The van der Waals surface area contributed by atoms with Gasteiger partial charge in [0.1, 0.15) is 0 Å². The van der Waals surface area contributed by atoms with Gasteiger partial charge < -0.3 is 24.7 Å². The van der Waals surface area contributed by atoms with Crippen LogP contribution in [0.5, 0.6) is 0 Å². The highest BCUT2D eigenvalue weighted by Crippen LogP contribution is 2.25. The number of hydrogen-bond donors (Lipinski definition) is 1. The molecule has 1 N–H and O–H groups in total. The quantitative estimate of drug-likeness (QED) is 0.710. The standard InChI is InChI=1S/C18H32N4O3/c1-19-6-8-20(9-7-19)10-15-11-22(12-16(15)14-23)18(25)13-21-5-3-2-4-17(21)24/h15-16,23H,2-14H2,1H3/t15-,16-/m1/s1. The second-order valence-electron chi connectivity index (χ2n) is 7.88. The van der Waals surface area contributed by atoms with Crippen LogP contribution in [0.3, 0.4) is 0 Å². The van der Waals surface area contributed by atoms with Gasteiger partial charge in [0.2, 0.25) is 11.8 Å². The fraction of sp³-hybridized carbons (Fsp3) is 0.889. The van der Waals surface area contributed by atoms with Crippen LogP contribution in [0.4, 0.5) is 0 Å². The summed E-state index contributed by atoms with van der Waals surface area (Å²) in [5.41, 5.74) is 0. The second kappa shape index (κ2) is 8.47. The molecule has 0 radical (unpaired) electrons. The van der Waals surface area contributed by atoms with Gasteiger partial charge in [-0.05, 0) is 25.8 Å². The van der Waals surface area contributed by atoms with Crippen molar-refractivity contribution in [3.63, 3.8) is 0 Å². The van der Waals surface area contributed by atoms with Crippen molar-refractivity contribution < 1.29 is 14.7 Å². The molecule has 2 atom stereocenters. The number of piperazine rings is 1. The minimum absolute atomic E-state index is 0.0366. The number of carbonyl (C=O) groups is 2. The Morgan fingerprint density at radius 1 is 1.08 bits per heavy atom. The SMILES string of the molecule is CN1CCN(C[C@@H]2CN(C(=O)CN3CCCCC3=O)C[C@@H]2CO)CC1. The van der Waals surface area contributed by atoms with E-state index in [9.17, 15) is 14.7 Å². The summed E-state index contributed by atoms with van der Waals surface area (Å²) in [7, 11) is 2.14. The Hall–Kier alpha value is -1.18. The maximum atomic E-state index is 12.6. The molecular weight excluding hydrogens is 320 g/mol. The van der Waals surface area contributed by atoms with E-state index < -0.39 is 0 Å². The molecular formula is C18H32N4O3. The highest BCUT2D eigenvalue weighted by atomic mass is 16.3. The first-order valence-corrected chi connectivity index (χ1v) is 9.64. The molecule has 0 unspecified atom stereocenters. The third-order valence-electron chi connectivity index (χ3n) is 6.00. The van der Waals surface area contributed by atoms with Gasteiger partial charge in [-0.3, -0.25) is 9.59 Å². The Morgan fingerprint density at radius 3 is 2.48 bits per heavy atom. The molecule has 7 nitrogen and oxygen atoms in total. The number of rotatable bonds is 5. The van der Waals surface area contributed by atoms with Crippen LogP contribution in [-0.4, -0.2) is 109 Å². The smallest absolute Gasteiger partial charge is 0.242 e. The van der Waals surface area contributed by atoms with Crippen LogP contribution in [0.2, 0.25) is 0 Å². The summed E-state index contributed by atoms with van der Waals surface area (Å²) >= 11 is 0. The number of aliphatic hydroxyl groups is 1. The third-order valence-corrected chi connectivity index (χ3v) is 6.00. The Bertz CT molecular complexity index is 479. The molecule has 0 spiro atoms. The first kappa shape index (κ1) is 18.6. The maximum Gasteiger partial charge on any atom is 0.242 e. The van der Waals surface area contributed by atoms with Crippen molar-refractivity contribution in [1.82, 2.24) is 19.6 Å². The zero-order chi connectivity index (χ0) is 17.8. The average molecular weight is 352 g/mol. The Balaban J connectivity index is 1.51. The van der Waals surface area contributed by atoms with Gasteiger partial charge in [0.15, 0.2) is 0 Å². The molecule has 0 saturated carbocycles. The van der Waals surface area contributed by atoms with Gasteiger partial charge in [-0.2, -0.15) is 0 Å². The first-order valence-electron chi connectivity index (χ1n) is 9.64. The summed E-state index contributed by atoms with van der Waals surface area (Å²) in [6, 6.07) is 0. The fourth-order valence-electron chi connectivity index (χ4n) is 4.21. The van der Waals surface area contributed by atoms with Crippen molar-refractivity contribution in [3.05, 3.63) is 0 Å². The number of likely N-dealkylation sites (tertiary alicyclic amines) is 2. The van der Waals surface area contributed by atoms with Crippen LogP contribution >= 0.6 is 0 Å². The van der Waals surface area contributed by atoms with Crippen LogP contribution in [0.15, 0.2) is 0 Å². The maximum absolute atomic E-state index is 12.6. The molecule has 3 heterocycles. The summed E-state index contributed by atoms with van der Waals surface area (Å²) in [5, 5.41) is 9.74. The number of hydrogen-bond acceptors (Lipinski definition) is 5. The van der Waals surface area contributed by atoms with E-state index in [0.29, 0.717) is 32.0 Å². The lowest BCUT2D eigenvalue weighted by molar-refractivity contribution is -0.141. The van der Waals surface area contributed by atoms with Gasteiger partial charge in [0.25, 0.3) is 0 Å². The summed E-state index contributed by atoms with van der Waals surface area (Å²) in [4.78, 5) is 32.9. The molecule has 3 aliphatic heterocycles. The molecule has 142 valence electrons. The number of carbonyl (C=O) groups excluding carboxylic acids is 2. The van der Waals surface area contributed by atoms with Gasteiger partial charge in [-0.1, -0.05) is 0 Å². The van der Waals surface area contributed by atoms with Crippen LogP contribution in [0.1, 0.15) is 19.3 Å². The molecule has 3 rings (SSSR count). The second-order valence-corrected chi connectivity index (χ2v) is 7.88. The number of likely N-dealkylation sites (N-methyl/N-ethyl adjacent to an activating group) is 1. The number of aliphatic hydroxyl groups excluding tert-OH is 1. The van der Waals surface area contributed by atoms with Crippen molar-refractivity contribution in [3.8, 4) is 0 Å². The zero-order valence-electron chi connectivity index (χ0n) is 15.4. The van der Waals surface area contributed by atoms with E-state index in [0.717, 1.165) is 45.6 Å². The molecule has 0 aromatic heterocycles. The molecule has 0 aromatic carbocycles. The monoisotopic (exact) mass is 352 g/mol. The van der Waals surface area contributed by atoms with Crippen molar-refractivity contribution in [1.29, 1.82) is 0 Å². The minimum atomic E-state index is 0.0366. The number of nitrogens with zero attached hydrogens (tertiary/aromatic N) is 4. The van der Waals surface area contributed by atoms with E-state index in [2.05, 4.69) is 16.8 Å². The molecule has 7 heteroatoms. The molecule has 0 aromatic rings. The minimum Gasteiger partial charge on any atom is -0.396 e. The summed E-state index contributed by atoms with van der Waals surface area (Å²) in [6.07, 6.45) is 2.50. The van der Waals surface area contributed by atoms with E-state index in [1.54, 1.807) is 4.90 Å². The molecule has 3 aliphatic rings. The van der Waals surface area contributed by atoms with Gasteiger partial charge in [-0.15, -0.1) is 0 Å². The van der Waals surface area contributed by atoms with Crippen LogP contribution in [0, 0.1) is 11.8 Å². The van der Waals surface area contributed by atoms with E-state index >= 15 is 0 Å². The molecule has 2 amide bonds. The Morgan fingerprint density at radius 2 is 1.80 bits per heavy atom. The van der Waals surface area contributed by atoms with Crippen LogP contribution in [0.25, 0.3) is 0 Å². The van der Waals surface area contributed by atoms with E-state index in [1.807, 2.05) is 4.90 Å². The van der Waals surface area contributed by atoms with Gasteiger partial charge in [0, 0.05) is 71.3 Å².